The van der Waals surface area contributed by atoms with Crippen LogP contribution in [0.4, 0.5) is 0 Å². The van der Waals surface area contributed by atoms with Gasteiger partial charge in [0.15, 0.2) is 12.6 Å². The van der Waals surface area contributed by atoms with Crippen LogP contribution >= 0.6 is 0 Å². The van der Waals surface area contributed by atoms with Gasteiger partial charge < -0.3 is 65.1 Å². The zero-order valence-electron chi connectivity index (χ0n) is 34.1. The second-order valence-electron chi connectivity index (χ2n) is 15.5. The van der Waals surface area contributed by atoms with Crippen molar-refractivity contribution in [2.45, 2.75) is 216 Å². The van der Waals surface area contributed by atoms with Gasteiger partial charge in [0, 0.05) is 6.42 Å². The summed E-state index contributed by atoms with van der Waals surface area (Å²) in [6.45, 7) is 2.71. The number of aliphatic hydroxyl groups excluding tert-OH is 8. The minimum Gasteiger partial charge on any atom is -0.394 e. The second-order valence-corrected chi connectivity index (χ2v) is 15.5. The van der Waals surface area contributed by atoms with Crippen molar-refractivity contribution in [3.63, 3.8) is 0 Å². The third kappa shape index (κ3) is 19.0. The van der Waals surface area contributed by atoms with Crippen molar-refractivity contribution in [2.75, 3.05) is 19.8 Å². The molecule has 2 heterocycles. The Morgan fingerprint density at radius 1 is 0.643 bits per heavy atom. The zero-order valence-corrected chi connectivity index (χ0v) is 34.1. The third-order valence-corrected chi connectivity index (χ3v) is 10.7. The minimum absolute atomic E-state index is 0.228. The Labute approximate surface area is 335 Å². The van der Waals surface area contributed by atoms with Crippen molar-refractivity contribution in [3.05, 3.63) is 24.3 Å². The molecule has 2 saturated heterocycles. The lowest BCUT2D eigenvalue weighted by Gasteiger charge is -2.46. The molecule has 2 rings (SSSR count). The van der Waals surface area contributed by atoms with Gasteiger partial charge in [0.1, 0.15) is 48.8 Å². The number of hydrogen-bond donors (Lipinski definition) is 9. The Morgan fingerprint density at radius 2 is 1.18 bits per heavy atom. The molecule has 9 N–H and O–H groups in total. The maximum Gasteiger partial charge on any atom is 0.220 e. The molecule has 56 heavy (non-hydrogen) atoms. The number of carbonyl (C=O) groups excluding carboxylic acids is 1. The van der Waals surface area contributed by atoms with Crippen LogP contribution < -0.4 is 5.32 Å². The van der Waals surface area contributed by atoms with Crippen LogP contribution in [0.1, 0.15) is 142 Å². The van der Waals surface area contributed by atoms with E-state index in [1.165, 1.54) is 25.7 Å². The van der Waals surface area contributed by atoms with Gasteiger partial charge in [-0.15, -0.1) is 0 Å². The van der Waals surface area contributed by atoms with E-state index in [9.17, 15) is 45.6 Å². The van der Waals surface area contributed by atoms with Crippen LogP contribution in [-0.2, 0) is 23.7 Å². The van der Waals surface area contributed by atoms with Gasteiger partial charge in [0.05, 0.1) is 32.0 Å². The highest BCUT2D eigenvalue weighted by atomic mass is 16.7. The van der Waals surface area contributed by atoms with Crippen molar-refractivity contribution in [3.8, 4) is 0 Å². The monoisotopic (exact) mass is 804 g/mol. The number of rotatable bonds is 31. The standard InChI is InChI=1S/C42H77NO13/c1-3-5-7-9-11-12-13-14-15-16-17-18-19-20-22-24-26-34(47)43-30(31(46)25-23-21-10-8-6-4-2)29-53-41-39(52)37(50)40(33(28-45)55-41)56-42-38(51)36(49)35(48)32(27-44)54-42/h12-13,15-16,30-33,35-42,44-46,48-52H,3-11,14,17-29H2,1-2H3,(H,43,47)/b13-12-,16-15-. The average molecular weight is 804 g/mol. The molecule has 14 nitrogen and oxygen atoms in total. The van der Waals surface area contributed by atoms with Crippen LogP contribution in [0.25, 0.3) is 0 Å². The molecule has 0 aromatic heterocycles. The summed E-state index contributed by atoms with van der Waals surface area (Å²) in [7, 11) is 0. The first-order valence-corrected chi connectivity index (χ1v) is 21.6. The summed E-state index contributed by atoms with van der Waals surface area (Å²) in [6.07, 6.45) is 12.3. The molecular formula is C42H77NO13. The van der Waals surface area contributed by atoms with Crippen molar-refractivity contribution >= 4 is 5.91 Å². The molecule has 2 aliphatic heterocycles. The van der Waals surface area contributed by atoms with Gasteiger partial charge in [-0.05, 0) is 44.9 Å². The normalized spacial score (nSPS) is 29.6. The van der Waals surface area contributed by atoms with E-state index < -0.39 is 86.8 Å². The molecule has 1 amide bonds. The van der Waals surface area contributed by atoms with Crippen LogP contribution in [-0.4, -0.2) is 140 Å². The predicted molar refractivity (Wildman–Crippen MR) is 212 cm³/mol. The minimum atomic E-state index is -1.78. The largest absolute Gasteiger partial charge is 0.394 e. The smallest absolute Gasteiger partial charge is 0.220 e. The molecule has 0 bridgehead atoms. The highest BCUT2D eigenvalue weighted by Gasteiger charge is 2.50. The predicted octanol–water partition coefficient (Wildman–Crippen LogP) is 3.43. The van der Waals surface area contributed by atoms with Crippen LogP contribution in [0, 0.1) is 0 Å². The van der Waals surface area contributed by atoms with Crippen LogP contribution in [0.15, 0.2) is 24.3 Å². The van der Waals surface area contributed by atoms with E-state index in [0.717, 1.165) is 83.5 Å². The van der Waals surface area contributed by atoms with E-state index >= 15 is 0 Å². The molecule has 0 radical (unpaired) electrons. The van der Waals surface area contributed by atoms with Gasteiger partial charge >= 0.3 is 0 Å². The summed E-state index contributed by atoms with van der Waals surface area (Å²) >= 11 is 0. The summed E-state index contributed by atoms with van der Waals surface area (Å²) in [5, 5.41) is 86.1. The summed E-state index contributed by atoms with van der Waals surface area (Å²) in [6, 6.07) is -0.829. The lowest BCUT2D eigenvalue weighted by atomic mass is 9.97. The molecule has 328 valence electrons. The summed E-state index contributed by atoms with van der Waals surface area (Å²) in [5.41, 5.74) is 0. The average Bonchev–Trinajstić information content (AvgIpc) is 3.19. The SMILES string of the molecule is CCCCCC/C=C\C/C=C\CCCCCCCC(=O)NC(COC1OC(CO)C(OC2OC(CO)C(O)C(O)C2O)C(O)C1O)C(O)CCCCCCCC. The molecule has 0 aromatic carbocycles. The van der Waals surface area contributed by atoms with Gasteiger partial charge in [0.25, 0.3) is 0 Å². The quantitative estimate of drug-likeness (QED) is 0.0362. The van der Waals surface area contributed by atoms with Crippen LogP contribution in [0.5, 0.6) is 0 Å². The van der Waals surface area contributed by atoms with Gasteiger partial charge in [-0.25, -0.2) is 0 Å². The Morgan fingerprint density at radius 3 is 1.80 bits per heavy atom. The van der Waals surface area contributed by atoms with Crippen molar-refractivity contribution < 1.29 is 64.6 Å². The van der Waals surface area contributed by atoms with Gasteiger partial charge in [-0.2, -0.15) is 0 Å². The first kappa shape index (κ1) is 50.6. The van der Waals surface area contributed by atoms with Crippen molar-refractivity contribution in [2.24, 2.45) is 0 Å². The molecule has 0 spiro atoms. The van der Waals surface area contributed by atoms with E-state index in [1.54, 1.807) is 0 Å². The Kier molecular flexibility index (Phi) is 27.6. The maximum atomic E-state index is 13.0. The van der Waals surface area contributed by atoms with Crippen molar-refractivity contribution in [1.29, 1.82) is 0 Å². The summed E-state index contributed by atoms with van der Waals surface area (Å²) in [5.74, 6) is -0.228. The zero-order chi connectivity index (χ0) is 41.1. The highest BCUT2D eigenvalue weighted by Crippen LogP contribution is 2.30. The van der Waals surface area contributed by atoms with E-state index in [-0.39, 0.29) is 18.9 Å². The number of nitrogens with one attached hydrogen (secondary N) is 1. The first-order chi connectivity index (χ1) is 27.1. The number of carbonyl (C=O) groups is 1. The molecule has 2 fully saturated rings. The fourth-order valence-electron chi connectivity index (χ4n) is 7.03. The number of allylic oxidation sites excluding steroid dienone is 4. The number of hydrogen-bond acceptors (Lipinski definition) is 13. The van der Waals surface area contributed by atoms with Gasteiger partial charge in [-0.1, -0.05) is 115 Å². The number of ether oxygens (including phenoxy) is 4. The van der Waals surface area contributed by atoms with Crippen LogP contribution in [0.2, 0.25) is 0 Å². The third-order valence-electron chi connectivity index (χ3n) is 10.7. The van der Waals surface area contributed by atoms with E-state index in [0.29, 0.717) is 12.8 Å². The molecule has 2 aliphatic rings. The summed E-state index contributed by atoms with van der Waals surface area (Å²) < 4.78 is 22.6. The summed E-state index contributed by atoms with van der Waals surface area (Å²) in [4.78, 5) is 13.0. The maximum absolute atomic E-state index is 13.0. The second kappa shape index (κ2) is 30.5. The Hall–Kier alpha value is -1.53. The molecule has 14 heteroatoms. The molecule has 0 aliphatic carbocycles. The van der Waals surface area contributed by atoms with Crippen LogP contribution in [0.3, 0.4) is 0 Å². The highest BCUT2D eigenvalue weighted by molar-refractivity contribution is 5.76. The number of unbranched alkanes of at least 4 members (excludes halogenated alkanes) is 14. The van der Waals surface area contributed by atoms with Gasteiger partial charge in [-0.3, -0.25) is 4.79 Å². The van der Waals surface area contributed by atoms with E-state index in [1.807, 2.05) is 0 Å². The number of amides is 1. The molecule has 0 saturated carbocycles. The molecule has 12 unspecified atom stereocenters. The van der Waals surface area contributed by atoms with E-state index in [4.69, 9.17) is 18.9 Å². The first-order valence-electron chi connectivity index (χ1n) is 21.6. The molecule has 12 atom stereocenters. The fraction of sp³-hybridized carbons (Fsp3) is 0.881. The van der Waals surface area contributed by atoms with Gasteiger partial charge in [0.2, 0.25) is 5.91 Å². The lowest BCUT2D eigenvalue weighted by molar-refractivity contribution is -0.359. The Bertz CT molecular complexity index is 1050. The lowest BCUT2D eigenvalue weighted by Crippen LogP contribution is -2.65. The molecular weight excluding hydrogens is 726 g/mol. The van der Waals surface area contributed by atoms with E-state index in [2.05, 4.69) is 43.5 Å². The Balaban J connectivity index is 1.85. The number of aliphatic hydroxyl groups is 8. The fourth-order valence-corrected chi connectivity index (χ4v) is 7.03. The topological polar surface area (TPSA) is 228 Å². The van der Waals surface area contributed by atoms with Crippen molar-refractivity contribution in [1.82, 2.24) is 5.32 Å². The molecule has 0 aromatic rings.